The van der Waals surface area contributed by atoms with Crippen LogP contribution in [0.4, 0.5) is 5.69 Å². The maximum atomic E-state index is 4.22. The second-order valence-corrected chi connectivity index (χ2v) is 5.51. The lowest BCUT2D eigenvalue weighted by molar-refractivity contribution is 0.396. The lowest BCUT2D eigenvalue weighted by Gasteiger charge is -2.34. The van der Waals surface area contributed by atoms with Gasteiger partial charge in [-0.05, 0) is 37.9 Å². The van der Waals surface area contributed by atoms with Crippen LogP contribution in [0, 0.1) is 5.92 Å². The van der Waals surface area contributed by atoms with Crippen molar-refractivity contribution >= 4 is 16.6 Å². The van der Waals surface area contributed by atoms with E-state index in [1.54, 1.807) is 0 Å². The summed E-state index contributed by atoms with van der Waals surface area (Å²) in [7, 11) is 0. The van der Waals surface area contributed by atoms with E-state index in [4.69, 9.17) is 0 Å². The van der Waals surface area contributed by atoms with Gasteiger partial charge in [0.15, 0.2) is 0 Å². The van der Waals surface area contributed by atoms with Crippen molar-refractivity contribution in [3.05, 3.63) is 30.5 Å². The average Bonchev–Trinajstić information content (AvgIpc) is 2.52. The fraction of sp³-hybridized carbons (Fsp3) is 0.500. The molecule has 1 aromatic carbocycles. The van der Waals surface area contributed by atoms with Crippen LogP contribution in [0.25, 0.3) is 10.9 Å². The van der Waals surface area contributed by atoms with Crippen LogP contribution < -0.4 is 10.2 Å². The van der Waals surface area contributed by atoms with Crippen LogP contribution in [0.1, 0.15) is 19.8 Å². The number of anilines is 1. The molecule has 1 saturated heterocycles. The van der Waals surface area contributed by atoms with Gasteiger partial charge in [-0.15, -0.1) is 0 Å². The SMILES string of the molecule is CCNCC1CCCN(c2cnnc3ccccc23)C1. The molecule has 1 aromatic heterocycles. The molecule has 106 valence electrons. The number of benzene rings is 1. The molecule has 0 spiro atoms. The van der Waals surface area contributed by atoms with E-state index in [1.807, 2.05) is 18.3 Å². The van der Waals surface area contributed by atoms with E-state index in [2.05, 4.69) is 39.5 Å². The van der Waals surface area contributed by atoms with Gasteiger partial charge in [-0.3, -0.25) is 0 Å². The Balaban J connectivity index is 1.83. The smallest absolute Gasteiger partial charge is 0.0950 e. The second kappa shape index (κ2) is 6.18. The van der Waals surface area contributed by atoms with Gasteiger partial charge in [-0.2, -0.15) is 10.2 Å². The largest absolute Gasteiger partial charge is 0.369 e. The van der Waals surface area contributed by atoms with Crippen molar-refractivity contribution in [1.29, 1.82) is 0 Å². The number of hydrogen-bond acceptors (Lipinski definition) is 4. The molecule has 2 heterocycles. The molecule has 1 fully saturated rings. The predicted octanol–water partition coefficient (Wildman–Crippen LogP) is 2.46. The Kier molecular flexibility index (Phi) is 4.11. The van der Waals surface area contributed by atoms with Gasteiger partial charge in [0, 0.05) is 18.5 Å². The number of fused-ring (bicyclic) bond motifs is 1. The van der Waals surface area contributed by atoms with Crippen LogP contribution in [0.5, 0.6) is 0 Å². The van der Waals surface area contributed by atoms with Crippen LogP contribution >= 0.6 is 0 Å². The van der Waals surface area contributed by atoms with Crippen molar-refractivity contribution in [2.45, 2.75) is 19.8 Å². The molecular weight excluding hydrogens is 248 g/mol. The van der Waals surface area contributed by atoms with E-state index in [1.165, 1.54) is 23.9 Å². The van der Waals surface area contributed by atoms with Crippen LogP contribution in [-0.2, 0) is 0 Å². The van der Waals surface area contributed by atoms with Crippen molar-refractivity contribution in [1.82, 2.24) is 15.5 Å². The van der Waals surface area contributed by atoms with Crippen molar-refractivity contribution in [3.63, 3.8) is 0 Å². The van der Waals surface area contributed by atoms with E-state index < -0.39 is 0 Å². The van der Waals surface area contributed by atoms with Crippen LogP contribution in [0.15, 0.2) is 30.5 Å². The molecule has 4 nitrogen and oxygen atoms in total. The maximum Gasteiger partial charge on any atom is 0.0950 e. The number of nitrogens with zero attached hydrogens (tertiary/aromatic N) is 3. The van der Waals surface area contributed by atoms with E-state index in [9.17, 15) is 0 Å². The lowest BCUT2D eigenvalue weighted by Crippen LogP contribution is -2.39. The average molecular weight is 270 g/mol. The van der Waals surface area contributed by atoms with E-state index in [0.717, 1.165) is 37.6 Å². The zero-order valence-electron chi connectivity index (χ0n) is 12.0. The molecule has 20 heavy (non-hydrogen) atoms. The standard InChI is InChI=1S/C16H22N4/c1-2-17-10-13-6-5-9-20(12-13)16-11-18-19-15-8-4-3-7-14(15)16/h3-4,7-8,11,13,17H,2,5-6,9-10,12H2,1H3. The van der Waals surface area contributed by atoms with Gasteiger partial charge < -0.3 is 10.2 Å². The van der Waals surface area contributed by atoms with E-state index in [0.29, 0.717) is 0 Å². The van der Waals surface area contributed by atoms with Gasteiger partial charge in [0.1, 0.15) is 0 Å². The molecule has 1 aliphatic heterocycles. The fourth-order valence-corrected chi connectivity index (χ4v) is 3.04. The first-order valence-electron chi connectivity index (χ1n) is 7.54. The van der Waals surface area contributed by atoms with Crippen molar-refractivity contribution in [2.24, 2.45) is 5.92 Å². The molecule has 1 unspecified atom stereocenters. The molecule has 0 saturated carbocycles. The Morgan fingerprint density at radius 1 is 1.35 bits per heavy atom. The van der Waals surface area contributed by atoms with Crippen LogP contribution in [0.2, 0.25) is 0 Å². The van der Waals surface area contributed by atoms with Crippen molar-refractivity contribution in [3.8, 4) is 0 Å². The molecule has 2 aromatic rings. The van der Waals surface area contributed by atoms with Crippen LogP contribution in [-0.4, -0.2) is 36.4 Å². The number of hydrogen-bond donors (Lipinski definition) is 1. The first-order valence-corrected chi connectivity index (χ1v) is 7.54. The summed E-state index contributed by atoms with van der Waals surface area (Å²) in [6, 6.07) is 8.28. The highest BCUT2D eigenvalue weighted by molar-refractivity contribution is 5.90. The summed E-state index contributed by atoms with van der Waals surface area (Å²) in [6.07, 6.45) is 4.49. The molecule has 0 radical (unpaired) electrons. The van der Waals surface area contributed by atoms with Crippen molar-refractivity contribution in [2.75, 3.05) is 31.1 Å². The molecule has 3 rings (SSSR count). The lowest BCUT2D eigenvalue weighted by atomic mass is 9.97. The molecule has 4 heteroatoms. The van der Waals surface area contributed by atoms with Gasteiger partial charge in [0.05, 0.1) is 17.4 Å². The molecule has 1 atom stereocenters. The summed E-state index contributed by atoms with van der Waals surface area (Å²) in [5.74, 6) is 0.732. The molecule has 1 aliphatic rings. The minimum atomic E-state index is 0.732. The van der Waals surface area contributed by atoms with Gasteiger partial charge >= 0.3 is 0 Å². The highest BCUT2D eigenvalue weighted by Gasteiger charge is 2.21. The summed E-state index contributed by atoms with van der Waals surface area (Å²) in [5.41, 5.74) is 2.22. The topological polar surface area (TPSA) is 41.0 Å². The number of piperidine rings is 1. The fourth-order valence-electron chi connectivity index (χ4n) is 3.04. The van der Waals surface area contributed by atoms with Gasteiger partial charge in [0.25, 0.3) is 0 Å². The van der Waals surface area contributed by atoms with E-state index in [-0.39, 0.29) is 0 Å². The predicted molar refractivity (Wildman–Crippen MR) is 83.0 cm³/mol. The Hall–Kier alpha value is -1.68. The molecular formula is C16H22N4. The minimum absolute atomic E-state index is 0.732. The third kappa shape index (κ3) is 2.75. The van der Waals surface area contributed by atoms with Crippen molar-refractivity contribution < 1.29 is 0 Å². The number of nitrogens with one attached hydrogen (secondary N) is 1. The number of rotatable bonds is 4. The first kappa shape index (κ1) is 13.3. The van der Waals surface area contributed by atoms with Gasteiger partial charge in [-0.25, -0.2) is 0 Å². The third-order valence-electron chi connectivity index (χ3n) is 4.07. The van der Waals surface area contributed by atoms with E-state index >= 15 is 0 Å². The summed E-state index contributed by atoms with van der Waals surface area (Å²) < 4.78 is 0. The molecule has 0 aliphatic carbocycles. The number of aromatic nitrogens is 2. The Bertz CT molecular complexity index is 564. The highest BCUT2D eigenvalue weighted by atomic mass is 15.2. The molecule has 1 N–H and O–H groups in total. The summed E-state index contributed by atoms with van der Waals surface area (Å²) in [4.78, 5) is 2.47. The third-order valence-corrected chi connectivity index (χ3v) is 4.07. The quantitative estimate of drug-likeness (QED) is 0.926. The minimum Gasteiger partial charge on any atom is -0.369 e. The summed E-state index contributed by atoms with van der Waals surface area (Å²) >= 11 is 0. The first-order chi connectivity index (χ1) is 9.88. The second-order valence-electron chi connectivity index (χ2n) is 5.51. The van der Waals surface area contributed by atoms with Gasteiger partial charge in [-0.1, -0.05) is 25.1 Å². The Morgan fingerprint density at radius 3 is 3.15 bits per heavy atom. The normalized spacial score (nSPS) is 19.4. The zero-order chi connectivity index (χ0) is 13.8. The maximum absolute atomic E-state index is 4.22. The monoisotopic (exact) mass is 270 g/mol. The summed E-state index contributed by atoms with van der Waals surface area (Å²) in [5, 5.41) is 13.1. The molecule has 0 amide bonds. The van der Waals surface area contributed by atoms with Gasteiger partial charge in [0.2, 0.25) is 0 Å². The van der Waals surface area contributed by atoms with Crippen LogP contribution in [0.3, 0.4) is 0 Å². The highest BCUT2D eigenvalue weighted by Crippen LogP contribution is 2.28. The zero-order valence-corrected chi connectivity index (χ0v) is 12.0. The Morgan fingerprint density at radius 2 is 2.25 bits per heavy atom. The molecule has 0 bridgehead atoms. The Labute approximate surface area is 120 Å². The summed E-state index contributed by atoms with van der Waals surface area (Å²) in [6.45, 7) is 6.57.